The SMILES string of the molecule is C=CC(=O)Oc1ccc2cc(C(=O)OC(c3ccnc4ccc(OC)cc34)C(C)N3CCC(C)C(C=C)C3)ccc2c1.CC. The highest BCUT2D eigenvalue weighted by Crippen LogP contribution is 2.36. The van der Waals surface area contributed by atoms with Crippen molar-refractivity contribution in [1.82, 2.24) is 9.88 Å². The quantitative estimate of drug-likeness (QED) is 0.0842. The van der Waals surface area contributed by atoms with E-state index in [0.29, 0.717) is 28.9 Å². The molecule has 0 spiro atoms. The maximum Gasteiger partial charge on any atom is 0.338 e. The fourth-order valence-corrected chi connectivity index (χ4v) is 5.69. The van der Waals surface area contributed by atoms with Crippen LogP contribution in [0.5, 0.6) is 11.5 Å². The average Bonchev–Trinajstić information content (AvgIpc) is 3.07. The summed E-state index contributed by atoms with van der Waals surface area (Å²) in [6.07, 6.45) is 5.39. The number of piperidine rings is 1. The van der Waals surface area contributed by atoms with Gasteiger partial charge in [-0.05, 0) is 91.0 Å². The Morgan fingerprint density at radius 3 is 2.45 bits per heavy atom. The summed E-state index contributed by atoms with van der Waals surface area (Å²) in [6.45, 7) is 17.6. The predicted octanol–water partition coefficient (Wildman–Crippen LogP) is 7.94. The normalized spacial score (nSPS) is 17.9. The number of nitrogens with zero attached hydrogens (tertiary/aromatic N) is 2. The lowest BCUT2D eigenvalue weighted by molar-refractivity contribution is -0.128. The lowest BCUT2D eigenvalue weighted by atomic mass is 9.85. The summed E-state index contributed by atoms with van der Waals surface area (Å²) in [7, 11) is 1.63. The van der Waals surface area contributed by atoms with Gasteiger partial charge in [-0.25, -0.2) is 9.59 Å². The summed E-state index contributed by atoms with van der Waals surface area (Å²) in [6, 6.07) is 18.2. The molecule has 230 valence electrons. The third kappa shape index (κ3) is 7.17. The van der Waals surface area contributed by atoms with Gasteiger partial charge in [0.1, 0.15) is 17.6 Å². The molecule has 3 aromatic carbocycles. The Hall–Kier alpha value is -4.49. The van der Waals surface area contributed by atoms with Crippen LogP contribution in [0.4, 0.5) is 0 Å². The number of aromatic nitrogens is 1. The van der Waals surface area contributed by atoms with Crippen molar-refractivity contribution in [2.45, 2.75) is 46.3 Å². The van der Waals surface area contributed by atoms with E-state index in [1.54, 1.807) is 37.6 Å². The molecule has 1 aliphatic rings. The number of pyridine rings is 1. The Bertz CT molecular complexity index is 1650. The Morgan fingerprint density at radius 2 is 1.73 bits per heavy atom. The largest absolute Gasteiger partial charge is 0.497 e. The van der Waals surface area contributed by atoms with E-state index in [-0.39, 0.29) is 6.04 Å². The zero-order valence-electron chi connectivity index (χ0n) is 26.3. The average molecular weight is 595 g/mol. The summed E-state index contributed by atoms with van der Waals surface area (Å²) in [5, 5.41) is 2.54. The van der Waals surface area contributed by atoms with Gasteiger partial charge in [-0.1, -0.05) is 45.6 Å². The molecule has 5 rings (SSSR count). The number of esters is 2. The van der Waals surface area contributed by atoms with Gasteiger partial charge < -0.3 is 14.2 Å². The molecule has 7 heteroatoms. The van der Waals surface area contributed by atoms with Crippen LogP contribution in [0.15, 0.2) is 92.2 Å². The number of ether oxygens (including phenoxy) is 3. The van der Waals surface area contributed by atoms with E-state index in [1.807, 2.05) is 56.3 Å². The molecule has 44 heavy (non-hydrogen) atoms. The van der Waals surface area contributed by atoms with E-state index in [0.717, 1.165) is 52.8 Å². The van der Waals surface area contributed by atoms with Crippen molar-refractivity contribution < 1.29 is 23.8 Å². The van der Waals surface area contributed by atoms with Crippen LogP contribution < -0.4 is 9.47 Å². The zero-order chi connectivity index (χ0) is 31.8. The molecule has 4 unspecified atom stereocenters. The minimum Gasteiger partial charge on any atom is -0.497 e. The maximum atomic E-state index is 13.8. The summed E-state index contributed by atoms with van der Waals surface area (Å²) >= 11 is 0. The van der Waals surface area contributed by atoms with Gasteiger partial charge in [0.15, 0.2) is 0 Å². The maximum absolute atomic E-state index is 13.8. The van der Waals surface area contributed by atoms with Crippen molar-refractivity contribution in [3.05, 3.63) is 103 Å². The molecule has 1 fully saturated rings. The van der Waals surface area contributed by atoms with Crippen molar-refractivity contribution >= 4 is 33.6 Å². The van der Waals surface area contributed by atoms with Gasteiger partial charge in [-0.3, -0.25) is 9.88 Å². The van der Waals surface area contributed by atoms with Gasteiger partial charge in [0.2, 0.25) is 0 Å². The minimum absolute atomic E-state index is 0.108. The summed E-state index contributed by atoms with van der Waals surface area (Å²) in [4.78, 5) is 32.3. The van der Waals surface area contributed by atoms with E-state index in [2.05, 4.69) is 36.9 Å². The first-order valence-corrected chi connectivity index (χ1v) is 15.2. The first-order valence-electron chi connectivity index (χ1n) is 15.2. The number of likely N-dealkylation sites (tertiary alicyclic amines) is 1. The molecule has 1 aromatic heterocycles. The van der Waals surface area contributed by atoms with Crippen molar-refractivity contribution in [2.24, 2.45) is 11.8 Å². The van der Waals surface area contributed by atoms with Crippen LogP contribution in [0.1, 0.15) is 56.1 Å². The number of hydrogen-bond donors (Lipinski definition) is 0. The van der Waals surface area contributed by atoms with E-state index >= 15 is 0 Å². The molecule has 0 bridgehead atoms. The third-order valence-electron chi connectivity index (χ3n) is 8.32. The van der Waals surface area contributed by atoms with Crippen molar-refractivity contribution in [2.75, 3.05) is 20.2 Å². The minimum atomic E-state index is -0.564. The molecule has 0 radical (unpaired) electrons. The number of rotatable bonds is 9. The molecule has 2 heterocycles. The van der Waals surface area contributed by atoms with Gasteiger partial charge in [0.05, 0.1) is 18.2 Å². The summed E-state index contributed by atoms with van der Waals surface area (Å²) in [5.74, 6) is 1.08. The van der Waals surface area contributed by atoms with E-state index in [1.165, 1.54) is 0 Å². The highest BCUT2D eigenvalue weighted by atomic mass is 16.5. The number of carbonyl (C=O) groups excluding carboxylic acids is 2. The molecular formula is C37H42N2O5. The second-order valence-electron chi connectivity index (χ2n) is 10.9. The Morgan fingerprint density at radius 1 is 1.00 bits per heavy atom. The molecule has 0 amide bonds. The van der Waals surface area contributed by atoms with Crippen LogP contribution in [0.25, 0.3) is 21.7 Å². The van der Waals surface area contributed by atoms with Crippen LogP contribution in [0.3, 0.4) is 0 Å². The van der Waals surface area contributed by atoms with Crippen LogP contribution in [0, 0.1) is 11.8 Å². The van der Waals surface area contributed by atoms with E-state index in [4.69, 9.17) is 14.2 Å². The van der Waals surface area contributed by atoms with Gasteiger partial charge in [-0.2, -0.15) is 0 Å². The fourth-order valence-electron chi connectivity index (χ4n) is 5.69. The van der Waals surface area contributed by atoms with Crippen LogP contribution >= 0.6 is 0 Å². The topological polar surface area (TPSA) is 78.0 Å². The smallest absolute Gasteiger partial charge is 0.338 e. The van der Waals surface area contributed by atoms with Gasteiger partial charge in [-0.15, -0.1) is 6.58 Å². The number of carbonyl (C=O) groups is 2. The highest BCUT2D eigenvalue weighted by molar-refractivity contribution is 5.96. The number of fused-ring (bicyclic) bond motifs is 2. The lowest BCUT2D eigenvalue weighted by Gasteiger charge is -2.41. The van der Waals surface area contributed by atoms with E-state index < -0.39 is 18.0 Å². The molecule has 7 nitrogen and oxygen atoms in total. The molecule has 4 aromatic rings. The number of hydrogen-bond acceptors (Lipinski definition) is 7. The monoisotopic (exact) mass is 594 g/mol. The molecule has 0 saturated carbocycles. The molecule has 4 atom stereocenters. The highest BCUT2D eigenvalue weighted by Gasteiger charge is 2.34. The number of benzene rings is 3. The standard InChI is InChI=1S/C35H36N2O5.C2H6/c1-6-24-21-37(17-15-22(24)3)23(4)34(30-14-16-36-32-13-12-28(40-5)20-31(30)32)42-35(39)27-9-8-26-19-29(41-33(38)7-2)11-10-25(26)18-27;1-2/h6-14,16,18-20,22-24,34H,1-2,15,17,21H2,3-5H3;1-2H3. The summed E-state index contributed by atoms with van der Waals surface area (Å²) < 4.78 is 17.1. The summed E-state index contributed by atoms with van der Waals surface area (Å²) in [5.41, 5.74) is 2.11. The van der Waals surface area contributed by atoms with Crippen LogP contribution in [-0.4, -0.2) is 48.1 Å². The van der Waals surface area contributed by atoms with Crippen LogP contribution in [0.2, 0.25) is 0 Å². The lowest BCUT2D eigenvalue weighted by Crippen LogP contribution is -2.46. The second-order valence-corrected chi connectivity index (χ2v) is 10.9. The molecular weight excluding hydrogens is 552 g/mol. The Kier molecular flexibility index (Phi) is 10.9. The Labute approximate surface area is 260 Å². The molecule has 1 saturated heterocycles. The number of methoxy groups -OCH3 is 1. The molecule has 0 aliphatic carbocycles. The predicted molar refractivity (Wildman–Crippen MR) is 176 cm³/mol. The van der Waals surface area contributed by atoms with Crippen molar-refractivity contribution in [3.63, 3.8) is 0 Å². The van der Waals surface area contributed by atoms with Crippen molar-refractivity contribution in [3.8, 4) is 11.5 Å². The first kappa shape index (κ1) is 32.4. The molecule has 1 aliphatic heterocycles. The molecule has 0 N–H and O–H groups in total. The van der Waals surface area contributed by atoms with Crippen LogP contribution in [-0.2, 0) is 9.53 Å². The van der Waals surface area contributed by atoms with Crippen molar-refractivity contribution in [1.29, 1.82) is 0 Å². The van der Waals surface area contributed by atoms with Gasteiger partial charge in [0.25, 0.3) is 0 Å². The second kappa shape index (κ2) is 14.8. The van der Waals surface area contributed by atoms with Gasteiger partial charge >= 0.3 is 11.9 Å². The Balaban J connectivity index is 0.00000216. The zero-order valence-corrected chi connectivity index (χ0v) is 26.3. The van der Waals surface area contributed by atoms with E-state index in [9.17, 15) is 9.59 Å². The third-order valence-corrected chi connectivity index (χ3v) is 8.32. The van der Waals surface area contributed by atoms with Gasteiger partial charge in [0, 0.05) is 35.8 Å². The fraction of sp³-hybridized carbons (Fsp3) is 0.324. The first-order chi connectivity index (χ1) is 21.3.